The summed E-state index contributed by atoms with van der Waals surface area (Å²) in [5.74, 6) is -16.1. The van der Waals surface area contributed by atoms with E-state index in [1.165, 1.54) is 99.2 Å². The molecular formula is C86H142N32O18S2. The molecule has 4 aromatic rings. The van der Waals surface area contributed by atoms with Gasteiger partial charge in [0.2, 0.25) is 88.6 Å². The number of imidazole rings is 3. The van der Waals surface area contributed by atoms with E-state index in [1.54, 1.807) is 40.2 Å². The second kappa shape index (κ2) is 62.4. The second-order valence-electron chi connectivity index (χ2n) is 34.3. The quantitative estimate of drug-likeness (QED) is 0.0111. The lowest BCUT2D eigenvalue weighted by Gasteiger charge is -2.28. The van der Waals surface area contributed by atoms with Gasteiger partial charge in [-0.3, -0.25) is 92.9 Å². The van der Waals surface area contributed by atoms with Crippen molar-refractivity contribution in [3.63, 3.8) is 0 Å². The van der Waals surface area contributed by atoms with Gasteiger partial charge in [0, 0.05) is 63.9 Å². The fourth-order valence-electron chi connectivity index (χ4n) is 13.9. The zero-order valence-electron chi connectivity index (χ0n) is 79.6. The molecule has 0 aliphatic carbocycles. The first-order valence-electron chi connectivity index (χ1n) is 45.6. The number of nitrogens with two attached hydrogens (primary N) is 5. The van der Waals surface area contributed by atoms with Crippen LogP contribution in [0.4, 0.5) is 0 Å². The molecule has 766 valence electrons. The van der Waals surface area contributed by atoms with Gasteiger partial charge in [-0.05, 0) is 163 Å². The fourth-order valence-corrected chi connectivity index (χ4v) is 14.8. The number of aromatic amines is 3. The molecule has 15 atom stereocenters. The number of phenolic OH excluding ortho intramolecular Hbond substituents is 1. The summed E-state index contributed by atoms with van der Waals surface area (Å²) < 4.78 is 0. The number of carbonyl (C=O) groups excluding carboxylic acids is 15. The number of thioether (sulfide) groups is 2. The zero-order chi connectivity index (χ0) is 103. The third kappa shape index (κ3) is 45.1. The van der Waals surface area contributed by atoms with Crippen molar-refractivity contribution in [1.82, 2.24) is 126 Å². The lowest BCUT2D eigenvalue weighted by molar-refractivity contribution is -0.138. The van der Waals surface area contributed by atoms with Crippen LogP contribution in [0.15, 0.2) is 61.8 Å². The number of aromatic hydroxyl groups is 1. The van der Waals surface area contributed by atoms with Crippen molar-refractivity contribution in [1.29, 1.82) is 16.2 Å². The Bertz CT molecular complexity index is 4590. The third-order valence-electron chi connectivity index (χ3n) is 21.3. The molecule has 52 heteroatoms. The van der Waals surface area contributed by atoms with Crippen LogP contribution in [0, 0.1) is 34.0 Å². The van der Waals surface area contributed by atoms with E-state index < -0.39 is 204 Å². The van der Waals surface area contributed by atoms with Crippen LogP contribution < -0.4 is 124 Å². The number of aliphatic carboxylic acids is 1. The highest BCUT2D eigenvalue weighted by Crippen LogP contribution is 2.18. The van der Waals surface area contributed by atoms with E-state index in [2.05, 4.69) is 126 Å². The molecule has 1 aromatic carbocycles. The predicted octanol–water partition coefficient (Wildman–Crippen LogP) is -5.64. The highest BCUT2D eigenvalue weighted by Gasteiger charge is 2.40. The average Bonchev–Trinajstić information content (AvgIpc) is 1.27. The number of amides is 15. The van der Waals surface area contributed by atoms with Crippen molar-refractivity contribution in [3.05, 3.63) is 84.5 Å². The third-order valence-corrected chi connectivity index (χ3v) is 22.6. The molecule has 3 aromatic heterocycles. The van der Waals surface area contributed by atoms with Crippen LogP contribution in [-0.2, 0) is 102 Å². The number of aromatic nitrogens is 6. The first-order chi connectivity index (χ1) is 65.4. The van der Waals surface area contributed by atoms with E-state index >= 15 is 0 Å². The second-order valence-corrected chi connectivity index (χ2v) is 36.3. The van der Waals surface area contributed by atoms with Gasteiger partial charge >= 0.3 is 5.97 Å². The predicted molar refractivity (Wildman–Crippen MR) is 516 cm³/mol. The maximum absolute atomic E-state index is 15.0. The first kappa shape index (κ1) is 117. The molecule has 0 saturated carbocycles. The minimum absolute atomic E-state index is 0.00682. The van der Waals surface area contributed by atoms with E-state index in [0.717, 1.165) is 0 Å². The van der Waals surface area contributed by atoms with Crippen LogP contribution in [0.3, 0.4) is 0 Å². The Morgan fingerprint density at radius 2 is 0.681 bits per heavy atom. The van der Waals surface area contributed by atoms with E-state index in [0.29, 0.717) is 31.4 Å². The van der Waals surface area contributed by atoms with E-state index in [4.69, 9.17) is 44.9 Å². The summed E-state index contributed by atoms with van der Waals surface area (Å²) in [7, 11) is 0. The van der Waals surface area contributed by atoms with Gasteiger partial charge in [-0.1, -0.05) is 53.7 Å². The summed E-state index contributed by atoms with van der Waals surface area (Å²) in [6.07, 6.45) is 11.8. The Kier molecular flexibility index (Phi) is 52.8. The number of carboxylic acids is 1. The number of guanidine groups is 3. The number of rotatable bonds is 66. The number of unbranched alkanes of at least 4 members (excludes halogenated alkanes) is 1. The summed E-state index contributed by atoms with van der Waals surface area (Å²) in [6.45, 7) is 12.8. The molecule has 0 unspecified atom stereocenters. The van der Waals surface area contributed by atoms with Crippen molar-refractivity contribution in [3.8, 4) is 5.75 Å². The maximum Gasteiger partial charge on any atom is 0.322 e. The SMILES string of the molecule is CSCC[C@H](NC(=O)[C@H](Cc1ccc(O)cc1)NC(=O)[C@H](CC(C)C)NC(=O)[C@H](CCCNC(=N)N)NC(=O)[C@H](CCCCN)NC(=O)[C@@H](N)CC(C)C)C(=O)N[C@@H](C)C(=O)N[C@@H](Cc1c[nH]cn1)C(=O)N[C@@H](CCCNC(=N)N)C(=O)N[C@@H](CCSC)C(=O)N[C@@H](Cc1c[nH]cn1)C(=O)N[C@@H](Cc1c[nH]cn1)C(=O)N[C@@H](C)C(=O)N[C@H](C(=O)N[C@@H](CCCNC(=N)N)C(=O)NCC(=O)O)C(C)C. The Balaban J connectivity index is 1.64. The molecule has 0 spiro atoms. The van der Waals surface area contributed by atoms with E-state index in [1.807, 2.05) is 13.8 Å². The number of benzene rings is 1. The smallest absolute Gasteiger partial charge is 0.322 e. The Morgan fingerprint density at radius 3 is 1.04 bits per heavy atom. The van der Waals surface area contributed by atoms with Gasteiger partial charge in [0.05, 0.1) is 42.1 Å². The molecule has 50 nitrogen and oxygen atoms in total. The molecule has 3 heterocycles. The molecule has 0 radical (unpaired) electrons. The Morgan fingerprint density at radius 1 is 0.370 bits per heavy atom. The van der Waals surface area contributed by atoms with Gasteiger partial charge in [0.15, 0.2) is 17.9 Å². The fraction of sp³-hybridized carbons (Fsp3) is 0.605. The molecule has 0 bridgehead atoms. The normalized spacial score (nSPS) is 14.4. The van der Waals surface area contributed by atoms with Crippen LogP contribution in [0.1, 0.15) is 162 Å². The minimum atomic E-state index is -1.59. The minimum Gasteiger partial charge on any atom is -0.508 e. The van der Waals surface area contributed by atoms with Gasteiger partial charge < -0.3 is 150 Å². The standard InChI is InChI=1S/C86H142N32O18S2/c1-45(2)32-55(88)71(124)107-57(16-11-12-26-87)74(127)108-59(19-15-29-100-86(93)94)76(129)114-62(33-46(3)4)79(132)115-63(34-50-20-22-54(119)23-21-50)80(133)111-60(24-30-137-9)73(126)105-48(7)69(122)113-65(36-52-39-96-43-103-52)81(134)109-58(18-14-28-99-85(91)92)75(128)110-61(25-31-138-10)77(130)116-66(37-53-40-97-44-104-53)82(135)117-64(35-51-38-95-42-102-51)78(131)106-49(8)70(123)118-68(47(5)6)83(136)112-56(17-13-27-98-84(89)90)72(125)101-41-67(120)121/h20-23,38-40,42-49,55-66,68,119H,11-19,24-37,41,87-88H2,1-10H3,(H,95,102)(H,96,103)(H,97,104)(H,101,125)(H,105,126)(H,106,131)(H,107,124)(H,108,127)(H,109,134)(H,110,128)(H,111,133)(H,112,136)(H,113,122)(H,114,129)(H,115,132)(H,116,130)(H,117,135)(H,118,123)(H,120,121)(H4,89,90,98)(H4,91,92,99)(H4,93,94,100)/t48-,49-,55-,56-,57-,58-,59-,60-,61-,62-,63-,64-,65-,66-,68-/m0/s1. The molecular weight excluding hydrogens is 1830 g/mol. The summed E-state index contributed by atoms with van der Waals surface area (Å²) in [5.41, 5.74) is 29.7. The van der Waals surface area contributed by atoms with Crippen LogP contribution in [0.25, 0.3) is 0 Å². The van der Waals surface area contributed by atoms with Crippen LogP contribution >= 0.6 is 23.5 Å². The monoisotopic (exact) mass is 1980 g/mol. The van der Waals surface area contributed by atoms with Crippen LogP contribution in [-0.4, -0.2) is 300 Å². The van der Waals surface area contributed by atoms with Gasteiger partial charge in [-0.2, -0.15) is 23.5 Å². The molecule has 36 N–H and O–H groups in total. The Hall–Kier alpha value is -13.4. The topological polar surface area (TPSA) is 818 Å². The van der Waals surface area contributed by atoms with E-state index in [9.17, 15) is 86.9 Å². The van der Waals surface area contributed by atoms with Crippen molar-refractivity contribution < 1.29 is 86.9 Å². The number of phenols is 1. The summed E-state index contributed by atoms with van der Waals surface area (Å²) in [4.78, 5) is 249. The zero-order valence-corrected chi connectivity index (χ0v) is 81.2. The summed E-state index contributed by atoms with van der Waals surface area (Å²) in [5, 5.41) is 89.9. The first-order valence-corrected chi connectivity index (χ1v) is 48.3. The summed E-state index contributed by atoms with van der Waals surface area (Å²) >= 11 is 2.59. The molecule has 0 fully saturated rings. The molecule has 15 amide bonds. The molecule has 0 saturated heterocycles. The lowest BCUT2D eigenvalue weighted by atomic mass is 9.99. The van der Waals surface area contributed by atoms with Crippen LogP contribution in [0.2, 0.25) is 0 Å². The largest absolute Gasteiger partial charge is 0.508 e. The van der Waals surface area contributed by atoms with Crippen LogP contribution in [0.5, 0.6) is 5.75 Å². The molecule has 138 heavy (non-hydrogen) atoms. The van der Waals surface area contributed by atoms with Crippen molar-refractivity contribution in [2.45, 2.75) is 255 Å². The average molecular weight is 1980 g/mol. The van der Waals surface area contributed by atoms with Gasteiger partial charge in [-0.25, -0.2) is 15.0 Å². The van der Waals surface area contributed by atoms with Crippen molar-refractivity contribution >= 4 is 136 Å². The van der Waals surface area contributed by atoms with Gasteiger partial charge in [-0.15, -0.1) is 0 Å². The highest BCUT2D eigenvalue weighted by atomic mass is 32.2. The number of carboxylic acid groups (broad SMARTS) is 1. The summed E-state index contributed by atoms with van der Waals surface area (Å²) in [6, 6.07) is -15.4. The number of nitrogens with one attached hydrogen (secondary N) is 24. The highest BCUT2D eigenvalue weighted by molar-refractivity contribution is 7.98. The van der Waals surface area contributed by atoms with E-state index in [-0.39, 0.29) is 168 Å². The van der Waals surface area contributed by atoms with Gasteiger partial charge in [0.1, 0.15) is 96.9 Å². The van der Waals surface area contributed by atoms with Crippen molar-refractivity contribution in [2.24, 2.45) is 46.4 Å². The lowest BCUT2D eigenvalue weighted by Crippen LogP contribution is -2.61. The number of carbonyl (C=O) groups is 16. The number of H-pyrrole nitrogens is 3. The number of hydrogen-bond acceptors (Lipinski definition) is 27. The molecule has 0 aliphatic rings. The number of nitrogens with zero attached hydrogens (tertiary/aromatic N) is 3. The molecule has 0 aliphatic heterocycles. The maximum atomic E-state index is 15.0. The van der Waals surface area contributed by atoms with Crippen molar-refractivity contribution in [2.75, 3.05) is 56.7 Å². The number of hydrogen-bond donors (Lipinski definition) is 31. The Labute approximate surface area is 809 Å². The molecule has 4 rings (SSSR count). The van der Waals surface area contributed by atoms with Gasteiger partial charge in [0.25, 0.3) is 0 Å².